The Labute approximate surface area is 155 Å². The average Bonchev–Trinajstić information content (AvgIpc) is 2.65. The maximum absolute atomic E-state index is 12.8. The van der Waals surface area contributed by atoms with Crippen LogP contribution in [0.1, 0.15) is 44.7 Å². The summed E-state index contributed by atoms with van der Waals surface area (Å²) < 4.78 is 10.4. The quantitative estimate of drug-likeness (QED) is 0.550. The van der Waals surface area contributed by atoms with Crippen LogP contribution in [-0.4, -0.2) is 37.0 Å². The van der Waals surface area contributed by atoms with Crippen molar-refractivity contribution in [2.45, 2.75) is 39.2 Å². The van der Waals surface area contributed by atoms with Gasteiger partial charge in [-0.3, -0.25) is 9.59 Å². The van der Waals surface area contributed by atoms with E-state index in [2.05, 4.69) is 0 Å². The van der Waals surface area contributed by atoms with Crippen molar-refractivity contribution in [3.05, 3.63) is 59.4 Å². The maximum Gasteiger partial charge on any atom is 0.308 e. The molecule has 0 N–H and O–H groups in total. The second-order valence-corrected chi connectivity index (χ2v) is 6.15. The first-order valence-corrected chi connectivity index (χ1v) is 8.98. The summed E-state index contributed by atoms with van der Waals surface area (Å²) in [5, 5.41) is 0. The van der Waals surface area contributed by atoms with Crippen LogP contribution < -0.4 is 0 Å². The fourth-order valence-corrected chi connectivity index (χ4v) is 3.15. The highest BCUT2D eigenvalue weighted by molar-refractivity contribution is 5.81. The molecule has 1 aliphatic rings. The summed E-state index contributed by atoms with van der Waals surface area (Å²) in [6.07, 6.45) is 5.07. The Morgan fingerprint density at radius 2 is 2.04 bits per heavy atom. The molecule has 1 aliphatic heterocycles. The number of nitrogens with zero attached hydrogens (tertiary/aromatic N) is 1. The third-order valence-corrected chi connectivity index (χ3v) is 4.46. The predicted octanol–water partition coefficient (Wildman–Crippen LogP) is 3.78. The van der Waals surface area contributed by atoms with Crippen LogP contribution in [0.3, 0.4) is 0 Å². The Balaban J connectivity index is 2.19. The molecule has 5 nitrogen and oxygen atoms in total. The van der Waals surface area contributed by atoms with Gasteiger partial charge in [0.1, 0.15) is 5.76 Å². The summed E-state index contributed by atoms with van der Waals surface area (Å²) >= 11 is 0. The highest BCUT2D eigenvalue weighted by Gasteiger charge is 2.31. The van der Waals surface area contributed by atoms with E-state index in [4.69, 9.17) is 9.47 Å². The average molecular weight is 357 g/mol. The minimum atomic E-state index is -0.298. The third-order valence-electron chi connectivity index (χ3n) is 4.46. The zero-order valence-corrected chi connectivity index (χ0v) is 15.7. The molecule has 1 heterocycles. The smallest absolute Gasteiger partial charge is 0.308 e. The Hall–Kier alpha value is -2.56. The van der Waals surface area contributed by atoms with Crippen molar-refractivity contribution in [1.82, 2.24) is 4.90 Å². The van der Waals surface area contributed by atoms with Gasteiger partial charge in [0.15, 0.2) is 0 Å². The van der Waals surface area contributed by atoms with Crippen LogP contribution in [0.2, 0.25) is 0 Å². The van der Waals surface area contributed by atoms with Crippen molar-refractivity contribution in [3.63, 3.8) is 0 Å². The van der Waals surface area contributed by atoms with Gasteiger partial charge in [-0.1, -0.05) is 35.9 Å². The number of hydrogen-bond acceptors (Lipinski definition) is 4. The van der Waals surface area contributed by atoms with Gasteiger partial charge < -0.3 is 14.4 Å². The Bertz CT molecular complexity index is 679. The third kappa shape index (κ3) is 5.22. The molecule has 0 radical (unpaired) electrons. The van der Waals surface area contributed by atoms with Crippen LogP contribution in [0.5, 0.6) is 0 Å². The number of benzene rings is 1. The molecule has 1 aromatic rings. The molecule has 0 saturated carbocycles. The van der Waals surface area contributed by atoms with E-state index >= 15 is 0 Å². The molecule has 1 amide bonds. The van der Waals surface area contributed by atoms with E-state index in [-0.39, 0.29) is 24.3 Å². The lowest BCUT2D eigenvalue weighted by atomic mass is 9.96. The Kier molecular flexibility index (Phi) is 7.45. The van der Waals surface area contributed by atoms with Crippen LogP contribution in [-0.2, 0) is 19.1 Å². The summed E-state index contributed by atoms with van der Waals surface area (Å²) in [5.74, 6) is 0.491. The number of allylic oxidation sites excluding steroid dienone is 2. The zero-order chi connectivity index (χ0) is 18.9. The summed E-state index contributed by atoms with van der Waals surface area (Å²) in [6, 6.07) is 9.37. The van der Waals surface area contributed by atoms with Crippen molar-refractivity contribution in [2.75, 3.05) is 20.3 Å². The van der Waals surface area contributed by atoms with Gasteiger partial charge in [-0.05, 0) is 38.0 Å². The largest absolute Gasteiger partial charge is 0.497 e. The van der Waals surface area contributed by atoms with Gasteiger partial charge in [0.2, 0.25) is 5.91 Å². The van der Waals surface area contributed by atoms with Gasteiger partial charge in [-0.2, -0.15) is 0 Å². The minimum absolute atomic E-state index is 0.0206. The summed E-state index contributed by atoms with van der Waals surface area (Å²) in [6.45, 7) is 4.60. The van der Waals surface area contributed by atoms with E-state index in [1.54, 1.807) is 18.9 Å². The van der Waals surface area contributed by atoms with E-state index in [1.807, 2.05) is 49.4 Å². The van der Waals surface area contributed by atoms with E-state index in [1.165, 1.54) is 0 Å². The van der Waals surface area contributed by atoms with Crippen molar-refractivity contribution in [3.8, 4) is 0 Å². The molecule has 2 rings (SSSR count). The highest BCUT2D eigenvalue weighted by Crippen LogP contribution is 2.30. The van der Waals surface area contributed by atoms with Crippen LogP contribution >= 0.6 is 0 Å². The van der Waals surface area contributed by atoms with E-state index in [0.29, 0.717) is 19.6 Å². The van der Waals surface area contributed by atoms with E-state index in [9.17, 15) is 9.59 Å². The van der Waals surface area contributed by atoms with Crippen molar-refractivity contribution < 1.29 is 19.1 Å². The monoisotopic (exact) mass is 357 g/mol. The number of carbonyl (C=O) groups excluding carboxylic acids is 2. The van der Waals surface area contributed by atoms with Gasteiger partial charge in [0.25, 0.3) is 0 Å². The SMILES string of the molecule is C/C=C(\C=C1\CCN(C(CC(=O)OCC)c2ccccc2)C(=O)C1)OC. The lowest BCUT2D eigenvalue weighted by Gasteiger charge is -2.35. The summed E-state index contributed by atoms with van der Waals surface area (Å²) in [7, 11) is 1.62. The molecule has 0 spiro atoms. The topological polar surface area (TPSA) is 55.8 Å². The Morgan fingerprint density at radius 3 is 2.62 bits per heavy atom. The normalized spacial score (nSPS) is 18.0. The molecule has 1 atom stereocenters. The predicted molar refractivity (Wildman–Crippen MR) is 100 cm³/mol. The fourth-order valence-electron chi connectivity index (χ4n) is 3.15. The summed E-state index contributed by atoms with van der Waals surface area (Å²) in [4.78, 5) is 26.7. The van der Waals surface area contributed by atoms with Crippen molar-refractivity contribution in [1.29, 1.82) is 0 Å². The van der Waals surface area contributed by atoms with Crippen molar-refractivity contribution in [2.24, 2.45) is 0 Å². The number of amides is 1. The molecule has 1 aromatic carbocycles. The fraction of sp³-hybridized carbons (Fsp3) is 0.429. The molecule has 0 bridgehead atoms. The first kappa shape index (κ1) is 19.8. The highest BCUT2D eigenvalue weighted by atomic mass is 16.5. The van der Waals surface area contributed by atoms with Gasteiger partial charge in [0, 0.05) is 13.0 Å². The number of carbonyl (C=O) groups is 2. The van der Waals surface area contributed by atoms with Gasteiger partial charge in [-0.25, -0.2) is 0 Å². The van der Waals surface area contributed by atoms with E-state index in [0.717, 1.165) is 23.3 Å². The van der Waals surface area contributed by atoms with Crippen LogP contribution in [0.4, 0.5) is 0 Å². The van der Waals surface area contributed by atoms with Crippen LogP contribution in [0, 0.1) is 0 Å². The number of ether oxygens (including phenoxy) is 2. The van der Waals surface area contributed by atoms with Crippen LogP contribution in [0.25, 0.3) is 0 Å². The number of piperidine rings is 1. The maximum atomic E-state index is 12.8. The number of hydrogen-bond donors (Lipinski definition) is 0. The number of esters is 1. The second kappa shape index (κ2) is 9.80. The first-order chi connectivity index (χ1) is 12.6. The van der Waals surface area contributed by atoms with Gasteiger partial charge in [-0.15, -0.1) is 0 Å². The van der Waals surface area contributed by atoms with Gasteiger partial charge in [0.05, 0.1) is 26.2 Å². The molecular formula is C21H27NO4. The number of methoxy groups -OCH3 is 1. The minimum Gasteiger partial charge on any atom is -0.497 e. The van der Waals surface area contributed by atoms with Gasteiger partial charge >= 0.3 is 5.97 Å². The van der Waals surface area contributed by atoms with E-state index < -0.39 is 0 Å². The summed E-state index contributed by atoms with van der Waals surface area (Å²) in [5.41, 5.74) is 2.00. The first-order valence-electron chi connectivity index (χ1n) is 8.98. The standard InChI is InChI=1S/C21H27NO4/c1-4-18(25-3)13-16-11-12-22(20(23)14-16)19(15-21(24)26-5-2)17-9-7-6-8-10-17/h4,6-10,13,19H,5,11-12,14-15H2,1-3H3/b16-13-,18-4+. The molecule has 1 fully saturated rings. The number of rotatable bonds is 7. The molecular weight excluding hydrogens is 330 g/mol. The lowest BCUT2D eigenvalue weighted by Crippen LogP contribution is -2.40. The molecule has 140 valence electrons. The molecule has 26 heavy (non-hydrogen) atoms. The second-order valence-electron chi connectivity index (χ2n) is 6.15. The molecule has 0 aliphatic carbocycles. The molecule has 1 unspecified atom stereocenters. The molecule has 5 heteroatoms. The Morgan fingerprint density at radius 1 is 1.31 bits per heavy atom. The van der Waals surface area contributed by atoms with Crippen LogP contribution in [0.15, 0.2) is 53.8 Å². The lowest BCUT2D eigenvalue weighted by molar-refractivity contribution is -0.146. The molecule has 0 aromatic heterocycles. The number of likely N-dealkylation sites (tertiary alicyclic amines) is 1. The zero-order valence-electron chi connectivity index (χ0n) is 15.7. The molecule has 1 saturated heterocycles. The van der Waals surface area contributed by atoms with Crippen molar-refractivity contribution >= 4 is 11.9 Å².